The molecule has 0 spiro atoms. The molecule has 1 nitrogen and oxygen atoms in total. The molecule has 0 fully saturated rings. The first-order valence-corrected chi connectivity index (χ1v) is 5.07. The summed E-state index contributed by atoms with van der Waals surface area (Å²) in [5.74, 6) is 0. The van der Waals surface area contributed by atoms with Crippen LogP contribution in [0.4, 0.5) is 0 Å². The third-order valence-corrected chi connectivity index (χ3v) is 2.07. The minimum Gasteiger partial charge on any atom is -0.378 e. The van der Waals surface area contributed by atoms with Gasteiger partial charge in [0.25, 0.3) is 0 Å². The molecule has 0 aliphatic rings. The highest BCUT2D eigenvalue weighted by Gasteiger charge is 2.01. The van der Waals surface area contributed by atoms with E-state index in [0.29, 0.717) is 6.10 Å². The van der Waals surface area contributed by atoms with Crippen LogP contribution in [0.25, 0.3) is 0 Å². The smallest absolute Gasteiger partial charge is 0.0569 e. The van der Waals surface area contributed by atoms with Crippen molar-refractivity contribution >= 4 is 0 Å². The SMILES string of the molecule is C=CCCCCOC(CC)CC. The molecule has 0 unspecified atom stereocenters. The van der Waals surface area contributed by atoms with E-state index in [4.69, 9.17) is 4.74 Å². The van der Waals surface area contributed by atoms with Crippen LogP contribution >= 0.6 is 0 Å². The fourth-order valence-corrected chi connectivity index (χ4v) is 1.17. The lowest BCUT2D eigenvalue weighted by molar-refractivity contribution is 0.0460. The molecule has 0 aromatic carbocycles. The molecule has 0 atom stereocenters. The molecule has 0 heterocycles. The molecular weight excluding hydrogens is 148 g/mol. The van der Waals surface area contributed by atoms with Crippen molar-refractivity contribution in [2.75, 3.05) is 6.61 Å². The molecule has 72 valence electrons. The summed E-state index contributed by atoms with van der Waals surface area (Å²) >= 11 is 0. The average molecular weight is 170 g/mol. The molecule has 12 heavy (non-hydrogen) atoms. The molecule has 0 N–H and O–H groups in total. The molecule has 0 rings (SSSR count). The summed E-state index contributed by atoms with van der Waals surface area (Å²) in [6, 6.07) is 0. The fraction of sp³-hybridized carbons (Fsp3) is 0.818. The molecule has 0 aromatic heterocycles. The predicted octanol–water partition coefficient (Wildman–Crippen LogP) is 3.55. The van der Waals surface area contributed by atoms with Crippen LogP contribution in [0.5, 0.6) is 0 Å². The Morgan fingerprint density at radius 1 is 1.25 bits per heavy atom. The standard InChI is InChI=1S/C11H22O/c1-4-7-8-9-10-12-11(5-2)6-3/h4,11H,1,5-10H2,2-3H3. The first-order valence-electron chi connectivity index (χ1n) is 5.07. The Labute approximate surface area is 76.8 Å². The van der Waals surface area contributed by atoms with E-state index in [1.807, 2.05) is 6.08 Å². The van der Waals surface area contributed by atoms with Gasteiger partial charge >= 0.3 is 0 Å². The number of allylic oxidation sites excluding steroid dienone is 1. The van der Waals surface area contributed by atoms with Crippen LogP contribution in [0.15, 0.2) is 12.7 Å². The van der Waals surface area contributed by atoms with Crippen molar-refractivity contribution in [1.82, 2.24) is 0 Å². The van der Waals surface area contributed by atoms with Crippen LogP contribution in [0.2, 0.25) is 0 Å². The molecule has 0 saturated carbocycles. The average Bonchev–Trinajstić information content (AvgIpc) is 2.11. The Bertz CT molecular complexity index is 95.2. The Hall–Kier alpha value is -0.300. The van der Waals surface area contributed by atoms with Crippen LogP contribution in [0.3, 0.4) is 0 Å². The largest absolute Gasteiger partial charge is 0.378 e. The predicted molar refractivity (Wildman–Crippen MR) is 54.4 cm³/mol. The summed E-state index contributed by atoms with van der Waals surface area (Å²) < 4.78 is 5.65. The van der Waals surface area contributed by atoms with E-state index in [0.717, 1.165) is 25.9 Å². The highest BCUT2D eigenvalue weighted by atomic mass is 16.5. The quantitative estimate of drug-likeness (QED) is 0.400. The summed E-state index contributed by atoms with van der Waals surface area (Å²) in [6.07, 6.45) is 8.22. The zero-order chi connectivity index (χ0) is 9.23. The van der Waals surface area contributed by atoms with Gasteiger partial charge in [-0.1, -0.05) is 19.9 Å². The number of ether oxygens (including phenoxy) is 1. The van der Waals surface area contributed by atoms with Gasteiger partial charge in [0, 0.05) is 6.61 Å². The van der Waals surface area contributed by atoms with Gasteiger partial charge in [-0.05, 0) is 32.1 Å². The van der Waals surface area contributed by atoms with Gasteiger partial charge in [0.1, 0.15) is 0 Å². The van der Waals surface area contributed by atoms with Gasteiger partial charge in [0.2, 0.25) is 0 Å². The van der Waals surface area contributed by atoms with E-state index in [2.05, 4.69) is 20.4 Å². The topological polar surface area (TPSA) is 9.23 Å². The van der Waals surface area contributed by atoms with Crippen molar-refractivity contribution < 1.29 is 4.74 Å². The summed E-state index contributed by atoms with van der Waals surface area (Å²) in [6.45, 7) is 8.96. The second-order valence-electron chi connectivity index (χ2n) is 3.09. The van der Waals surface area contributed by atoms with Crippen molar-refractivity contribution in [3.8, 4) is 0 Å². The van der Waals surface area contributed by atoms with E-state index < -0.39 is 0 Å². The fourth-order valence-electron chi connectivity index (χ4n) is 1.17. The molecule has 0 aromatic rings. The van der Waals surface area contributed by atoms with Crippen molar-refractivity contribution in [3.63, 3.8) is 0 Å². The summed E-state index contributed by atoms with van der Waals surface area (Å²) in [5, 5.41) is 0. The second kappa shape index (κ2) is 8.79. The molecule has 0 bridgehead atoms. The summed E-state index contributed by atoms with van der Waals surface area (Å²) in [7, 11) is 0. The summed E-state index contributed by atoms with van der Waals surface area (Å²) in [4.78, 5) is 0. The van der Waals surface area contributed by atoms with Crippen molar-refractivity contribution in [1.29, 1.82) is 0 Å². The third kappa shape index (κ3) is 6.41. The van der Waals surface area contributed by atoms with Gasteiger partial charge in [-0.3, -0.25) is 0 Å². The lowest BCUT2D eigenvalue weighted by Gasteiger charge is -2.13. The maximum Gasteiger partial charge on any atom is 0.0569 e. The highest BCUT2D eigenvalue weighted by molar-refractivity contribution is 4.65. The Morgan fingerprint density at radius 2 is 1.92 bits per heavy atom. The lowest BCUT2D eigenvalue weighted by atomic mass is 10.2. The minimum absolute atomic E-state index is 0.480. The molecule has 0 aliphatic carbocycles. The lowest BCUT2D eigenvalue weighted by Crippen LogP contribution is -2.10. The van der Waals surface area contributed by atoms with Crippen molar-refractivity contribution in [3.05, 3.63) is 12.7 Å². The molecule has 0 amide bonds. The van der Waals surface area contributed by atoms with Crippen LogP contribution in [0, 0.1) is 0 Å². The van der Waals surface area contributed by atoms with E-state index >= 15 is 0 Å². The summed E-state index contributed by atoms with van der Waals surface area (Å²) in [5.41, 5.74) is 0. The van der Waals surface area contributed by atoms with Gasteiger partial charge in [-0.15, -0.1) is 6.58 Å². The van der Waals surface area contributed by atoms with E-state index in [-0.39, 0.29) is 0 Å². The van der Waals surface area contributed by atoms with Gasteiger partial charge in [-0.2, -0.15) is 0 Å². The van der Waals surface area contributed by atoms with Crippen LogP contribution in [-0.2, 0) is 4.74 Å². The third-order valence-electron chi connectivity index (χ3n) is 2.07. The number of hydrogen-bond acceptors (Lipinski definition) is 1. The maximum atomic E-state index is 5.65. The minimum atomic E-state index is 0.480. The van der Waals surface area contributed by atoms with E-state index in [9.17, 15) is 0 Å². The first-order chi connectivity index (χ1) is 5.85. The van der Waals surface area contributed by atoms with E-state index in [1.165, 1.54) is 12.8 Å². The highest BCUT2D eigenvalue weighted by Crippen LogP contribution is 2.04. The van der Waals surface area contributed by atoms with E-state index in [1.54, 1.807) is 0 Å². The van der Waals surface area contributed by atoms with Gasteiger partial charge in [-0.25, -0.2) is 0 Å². The molecule has 0 saturated heterocycles. The van der Waals surface area contributed by atoms with Gasteiger partial charge in [0.05, 0.1) is 6.10 Å². The van der Waals surface area contributed by atoms with Crippen LogP contribution < -0.4 is 0 Å². The zero-order valence-corrected chi connectivity index (χ0v) is 8.51. The van der Waals surface area contributed by atoms with Gasteiger partial charge in [0.15, 0.2) is 0 Å². The first kappa shape index (κ1) is 11.7. The Kier molecular flexibility index (Phi) is 8.57. The zero-order valence-electron chi connectivity index (χ0n) is 8.51. The number of hydrogen-bond donors (Lipinski definition) is 0. The van der Waals surface area contributed by atoms with Gasteiger partial charge < -0.3 is 4.74 Å². The number of unbranched alkanes of at least 4 members (excludes halogenated alkanes) is 2. The second-order valence-corrected chi connectivity index (χ2v) is 3.09. The Morgan fingerprint density at radius 3 is 2.42 bits per heavy atom. The van der Waals surface area contributed by atoms with Crippen molar-refractivity contribution in [2.45, 2.75) is 52.1 Å². The van der Waals surface area contributed by atoms with Crippen LogP contribution in [-0.4, -0.2) is 12.7 Å². The van der Waals surface area contributed by atoms with Crippen LogP contribution in [0.1, 0.15) is 46.0 Å². The molecule has 0 radical (unpaired) electrons. The van der Waals surface area contributed by atoms with Crippen molar-refractivity contribution in [2.24, 2.45) is 0 Å². The molecule has 0 aliphatic heterocycles. The maximum absolute atomic E-state index is 5.65. The Balaban J connectivity index is 3.11. The normalized spacial score (nSPS) is 10.6. The number of rotatable bonds is 8. The monoisotopic (exact) mass is 170 g/mol. The molecule has 1 heteroatoms. The molecular formula is C11H22O.